The Morgan fingerprint density at radius 3 is 2.58 bits per heavy atom. The van der Waals surface area contributed by atoms with Crippen LogP contribution in [0.15, 0.2) is 0 Å². The molecule has 0 aliphatic heterocycles. The minimum atomic E-state index is -0.310. The van der Waals surface area contributed by atoms with Crippen LogP contribution in [0.1, 0.15) is 91.4 Å². The van der Waals surface area contributed by atoms with Crippen molar-refractivity contribution in [2.75, 3.05) is 7.11 Å². The lowest BCUT2D eigenvalue weighted by Crippen LogP contribution is -2.61. The molecule has 5 rings (SSSR count). The zero-order valence-corrected chi connectivity index (χ0v) is 21.1. The van der Waals surface area contributed by atoms with Crippen LogP contribution in [0, 0.1) is 46.3 Å². The Hall–Kier alpha value is -0.940. The van der Waals surface area contributed by atoms with E-state index < -0.39 is 0 Å². The molecule has 0 saturated heterocycles. The predicted molar refractivity (Wildman–Crippen MR) is 125 cm³/mol. The third-order valence-electron chi connectivity index (χ3n) is 11.2. The van der Waals surface area contributed by atoms with Crippen molar-refractivity contribution in [1.82, 2.24) is 0 Å². The third kappa shape index (κ3) is 3.90. The lowest BCUT2D eigenvalue weighted by molar-refractivity contribution is -0.186. The highest BCUT2D eigenvalue weighted by atomic mass is 16.5. The van der Waals surface area contributed by atoms with E-state index in [0.29, 0.717) is 54.1 Å². The molecule has 0 aromatic heterocycles. The summed E-state index contributed by atoms with van der Waals surface area (Å²) in [7, 11) is 1.85. The molecule has 5 aliphatic carbocycles. The van der Waals surface area contributed by atoms with Gasteiger partial charge in [0.2, 0.25) is 0 Å². The first kappa shape index (κ1) is 23.8. The average molecular weight is 461 g/mol. The molecule has 0 aromatic rings. The van der Waals surface area contributed by atoms with Gasteiger partial charge >= 0.3 is 5.97 Å². The second-order valence-electron chi connectivity index (χ2n) is 12.7. The monoisotopic (exact) mass is 460 g/mol. The van der Waals surface area contributed by atoms with E-state index in [1.165, 1.54) is 0 Å². The fraction of sp³-hybridized carbons (Fsp3) is 0.929. The van der Waals surface area contributed by atoms with Crippen LogP contribution in [-0.2, 0) is 19.1 Å². The maximum absolute atomic E-state index is 14.0. The van der Waals surface area contributed by atoms with Crippen molar-refractivity contribution < 1.29 is 24.2 Å². The summed E-state index contributed by atoms with van der Waals surface area (Å²) in [5.41, 5.74) is -0.179. The van der Waals surface area contributed by atoms with E-state index in [4.69, 9.17) is 9.47 Å². The van der Waals surface area contributed by atoms with Gasteiger partial charge in [-0.15, -0.1) is 0 Å². The van der Waals surface area contributed by atoms with Gasteiger partial charge in [-0.05, 0) is 98.7 Å². The number of fused-ring (bicyclic) bond motifs is 5. The number of aliphatic hydroxyl groups excluding tert-OH is 1. The number of esters is 1. The van der Waals surface area contributed by atoms with Crippen LogP contribution in [0.4, 0.5) is 0 Å². The minimum absolute atomic E-state index is 0.0655. The van der Waals surface area contributed by atoms with Crippen LogP contribution in [0.3, 0.4) is 0 Å². The highest BCUT2D eigenvalue weighted by Gasteiger charge is 2.66. The molecule has 1 N–H and O–H groups in total. The van der Waals surface area contributed by atoms with Gasteiger partial charge in [0, 0.05) is 25.4 Å². The number of ether oxygens (including phenoxy) is 2. The lowest BCUT2D eigenvalue weighted by atomic mass is 9.43. The number of ketones is 1. The first-order valence-electron chi connectivity index (χ1n) is 13.6. The molecule has 5 saturated carbocycles. The summed E-state index contributed by atoms with van der Waals surface area (Å²) in [6.45, 7) is 6.90. The predicted octanol–water partition coefficient (Wildman–Crippen LogP) is 4.93. The van der Waals surface area contributed by atoms with E-state index in [2.05, 4.69) is 20.8 Å². The summed E-state index contributed by atoms with van der Waals surface area (Å²) in [6.07, 6.45) is 10.0. The molecule has 5 heteroatoms. The standard InChI is InChI=1S/C28H44O5/c1-16(5-10-25(31)33-19-6-7-19)20-8-9-21-26-22(15-24(30)28(20,21)3)27(2)12-11-18(29)13-17(27)14-23(26)32-4/h16-23,26,29H,5-15H2,1-4H3/t16-,17+,18-,20-,21+,22+,23-,26+,27+,28-/m1/s1. The minimum Gasteiger partial charge on any atom is -0.462 e. The van der Waals surface area contributed by atoms with E-state index >= 15 is 0 Å². The molecule has 33 heavy (non-hydrogen) atoms. The van der Waals surface area contributed by atoms with Gasteiger partial charge in [-0.3, -0.25) is 9.59 Å². The first-order chi connectivity index (χ1) is 15.7. The van der Waals surface area contributed by atoms with E-state index in [-0.39, 0.29) is 35.1 Å². The number of aliphatic hydroxyl groups is 1. The highest BCUT2D eigenvalue weighted by molar-refractivity contribution is 5.87. The molecule has 10 atom stereocenters. The van der Waals surface area contributed by atoms with Crippen LogP contribution in [0.5, 0.6) is 0 Å². The van der Waals surface area contributed by atoms with Crippen molar-refractivity contribution in [1.29, 1.82) is 0 Å². The molecular weight excluding hydrogens is 416 g/mol. The second-order valence-corrected chi connectivity index (χ2v) is 12.7. The number of rotatable bonds is 6. The Morgan fingerprint density at radius 1 is 1.12 bits per heavy atom. The van der Waals surface area contributed by atoms with Crippen molar-refractivity contribution >= 4 is 11.8 Å². The van der Waals surface area contributed by atoms with Crippen LogP contribution < -0.4 is 0 Å². The van der Waals surface area contributed by atoms with E-state index in [0.717, 1.165) is 57.8 Å². The zero-order valence-electron chi connectivity index (χ0n) is 21.1. The molecule has 0 amide bonds. The van der Waals surface area contributed by atoms with E-state index in [9.17, 15) is 14.7 Å². The van der Waals surface area contributed by atoms with E-state index in [1.807, 2.05) is 7.11 Å². The normalized spacial score (nSPS) is 47.9. The summed E-state index contributed by atoms with van der Waals surface area (Å²) >= 11 is 0. The Bertz CT molecular complexity index is 776. The molecular formula is C28H44O5. The van der Waals surface area contributed by atoms with Crippen molar-refractivity contribution in [3.05, 3.63) is 0 Å². The second kappa shape index (κ2) is 8.62. The molecule has 5 nitrogen and oxygen atoms in total. The zero-order chi connectivity index (χ0) is 23.5. The number of carbonyl (C=O) groups excluding carboxylic acids is 2. The number of Topliss-reactive ketones (excluding diaryl/α,β-unsaturated/α-hetero) is 1. The lowest BCUT2D eigenvalue weighted by Gasteiger charge is -2.62. The number of carbonyl (C=O) groups is 2. The molecule has 0 unspecified atom stereocenters. The smallest absolute Gasteiger partial charge is 0.306 e. The molecule has 0 bridgehead atoms. The van der Waals surface area contributed by atoms with Crippen LogP contribution >= 0.6 is 0 Å². The van der Waals surface area contributed by atoms with Gasteiger partial charge in [-0.25, -0.2) is 0 Å². The van der Waals surface area contributed by atoms with Gasteiger partial charge in [-0.1, -0.05) is 20.8 Å². The van der Waals surface area contributed by atoms with Crippen molar-refractivity contribution in [2.45, 2.75) is 110 Å². The van der Waals surface area contributed by atoms with Crippen LogP contribution in [0.25, 0.3) is 0 Å². The third-order valence-corrected chi connectivity index (χ3v) is 11.2. The maximum Gasteiger partial charge on any atom is 0.306 e. The summed E-state index contributed by atoms with van der Waals surface area (Å²) in [5, 5.41) is 10.4. The SMILES string of the molecule is CO[C@@H]1C[C@@H]2C[C@H](O)CC[C@]2(C)[C@H]2CC(=O)[C@]3(C)[C@@H]([C@H](C)CCC(=O)OC4CC4)CC[C@H]3[C@H]12. The van der Waals surface area contributed by atoms with E-state index in [1.54, 1.807) is 0 Å². The molecule has 0 aromatic carbocycles. The molecule has 0 spiro atoms. The van der Waals surface area contributed by atoms with Crippen molar-refractivity contribution in [2.24, 2.45) is 46.3 Å². The van der Waals surface area contributed by atoms with Crippen molar-refractivity contribution in [3.8, 4) is 0 Å². The molecule has 186 valence electrons. The molecule has 5 aliphatic rings. The average Bonchev–Trinajstić information content (AvgIpc) is 3.52. The summed E-state index contributed by atoms with van der Waals surface area (Å²) in [4.78, 5) is 26.1. The van der Waals surface area contributed by atoms with Crippen molar-refractivity contribution in [3.63, 3.8) is 0 Å². The number of hydrogen-bond acceptors (Lipinski definition) is 5. The van der Waals surface area contributed by atoms with Crippen LogP contribution in [-0.4, -0.2) is 42.3 Å². The summed E-state index contributed by atoms with van der Waals surface area (Å²) in [5.74, 6) is 2.65. The number of methoxy groups -OCH3 is 1. The van der Waals surface area contributed by atoms with Gasteiger partial charge < -0.3 is 14.6 Å². The largest absolute Gasteiger partial charge is 0.462 e. The Balaban J connectivity index is 1.35. The quantitative estimate of drug-likeness (QED) is 0.569. The van der Waals surface area contributed by atoms with Gasteiger partial charge in [0.15, 0.2) is 0 Å². The van der Waals surface area contributed by atoms with Crippen LogP contribution in [0.2, 0.25) is 0 Å². The molecule has 0 heterocycles. The Labute approximate surface area is 199 Å². The van der Waals surface area contributed by atoms with Gasteiger partial charge in [-0.2, -0.15) is 0 Å². The highest BCUT2D eigenvalue weighted by Crippen LogP contribution is 2.67. The molecule has 5 fully saturated rings. The Kier molecular flexibility index (Phi) is 6.21. The molecule has 0 radical (unpaired) electrons. The number of hydrogen-bond donors (Lipinski definition) is 1. The first-order valence-corrected chi connectivity index (χ1v) is 13.6. The fourth-order valence-corrected chi connectivity index (χ4v) is 9.06. The van der Waals surface area contributed by atoms with Gasteiger partial charge in [0.25, 0.3) is 0 Å². The fourth-order valence-electron chi connectivity index (χ4n) is 9.06. The van der Waals surface area contributed by atoms with Gasteiger partial charge in [0.1, 0.15) is 11.9 Å². The maximum atomic E-state index is 14.0. The van der Waals surface area contributed by atoms with Gasteiger partial charge in [0.05, 0.1) is 12.2 Å². The topological polar surface area (TPSA) is 72.8 Å². The summed E-state index contributed by atoms with van der Waals surface area (Å²) in [6, 6.07) is 0. The summed E-state index contributed by atoms with van der Waals surface area (Å²) < 4.78 is 11.6. The Morgan fingerprint density at radius 2 is 1.88 bits per heavy atom.